The summed E-state index contributed by atoms with van der Waals surface area (Å²) < 4.78 is 18.5. The van der Waals surface area contributed by atoms with E-state index >= 15 is 0 Å². The monoisotopic (exact) mass is 360 g/mol. The fourth-order valence-electron chi connectivity index (χ4n) is 3.11. The molecule has 0 unspecified atom stereocenters. The van der Waals surface area contributed by atoms with E-state index in [4.69, 9.17) is 4.74 Å². The summed E-state index contributed by atoms with van der Waals surface area (Å²) in [7, 11) is 0. The fourth-order valence-corrected chi connectivity index (χ4v) is 3.81. The molecule has 2 aromatic rings. The van der Waals surface area contributed by atoms with Crippen molar-refractivity contribution in [2.45, 2.75) is 44.8 Å². The minimum absolute atomic E-state index is 0.0695. The molecule has 1 heterocycles. The molecule has 4 nitrogen and oxygen atoms in total. The van der Waals surface area contributed by atoms with Gasteiger partial charge in [0.1, 0.15) is 23.2 Å². The van der Waals surface area contributed by atoms with Gasteiger partial charge in [0, 0.05) is 11.4 Å². The Labute approximate surface area is 150 Å². The Bertz CT molecular complexity index is 726. The van der Waals surface area contributed by atoms with Crippen LogP contribution < -0.4 is 10.1 Å². The molecule has 1 aromatic carbocycles. The van der Waals surface area contributed by atoms with E-state index in [1.807, 2.05) is 5.38 Å². The summed E-state index contributed by atoms with van der Waals surface area (Å²) in [4.78, 5) is 16.8. The van der Waals surface area contributed by atoms with Gasteiger partial charge in [-0.3, -0.25) is 4.79 Å². The van der Waals surface area contributed by atoms with Gasteiger partial charge in [0.15, 0.2) is 0 Å². The summed E-state index contributed by atoms with van der Waals surface area (Å²) >= 11 is 1.48. The first kappa shape index (κ1) is 16.5. The Morgan fingerprint density at radius 3 is 2.56 bits per heavy atom. The molecule has 0 bridgehead atoms. The number of halogens is 1. The van der Waals surface area contributed by atoms with E-state index in [1.165, 1.54) is 49.2 Å². The van der Waals surface area contributed by atoms with Crippen LogP contribution in [0.1, 0.15) is 36.4 Å². The highest BCUT2D eigenvalue weighted by Gasteiger charge is 2.42. The van der Waals surface area contributed by atoms with E-state index in [9.17, 15) is 9.18 Å². The van der Waals surface area contributed by atoms with Gasteiger partial charge in [-0.1, -0.05) is 0 Å². The number of ether oxygens (including phenoxy) is 1. The zero-order valence-electron chi connectivity index (χ0n) is 13.9. The number of amides is 1. The Balaban J connectivity index is 1.27. The maximum atomic E-state index is 12.9. The minimum Gasteiger partial charge on any atom is -0.486 e. The van der Waals surface area contributed by atoms with Gasteiger partial charge in [-0.05, 0) is 61.8 Å². The maximum Gasteiger partial charge on any atom is 0.226 e. The van der Waals surface area contributed by atoms with Crippen LogP contribution in [-0.4, -0.2) is 16.9 Å². The number of aromatic nitrogens is 1. The second-order valence-corrected chi connectivity index (χ2v) is 7.86. The van der Waals surface area contributed by atoms with Crippen LogP contribution in [0.15, 0.2) is 29.6 Å². The van der Waals surface area contributed by atoms with Crippen molar-refractivity contribution in [1.82, 2.24) is 10.3 Å². The molecule has 2 fully saturated rings. The number of carbonyl (C=O) groups excluding carboxylic acids is 1. The average molecular weight is 360 g/mol. The van der Waals surface area contributed by atoms with Crippen molar-refractivity contribution >= 4 is 17.2 Å². The predicted octanol–water partition coefficient (Wildman–Crippen LogP) is 3.71. The molecule has 132 valence electrons. The van der Waals surface area contributed by atoms with E-state index in [2.05, 4.69) is 10.3 Å². The molecule has 1 N–H and O–H groups in total. The van der Waals surface area contributed by atoms with Crippen LogP contribution >= 0.6 is 11.3 Å². The van der Waals surface area contributed by atoms with Crippen molar-refractivity contribution in [2.75, 3.05) is 0 Å². The normalized spacial score (nSPS) is 16.9. The highest BCUT2D eigenvalue weighted by molar-refractivity contribution is 7.09. The molecule has 2 aliphatic rings. The van der Waals surface area contributed by atoms with E-state index < -0.39 is 0 Å². The zero-order chi connectivity index (χ0) is 17.2. The number of rotatable bonds is 8. The first-order valence-electron chi connectivity index (χ1n) is 8.78. The Kier molecular flexibility index (Phi) is 4.70. The van der Waals surface area contributed by atoms with Gasteiger partial charge in [0.2, 0.25) is 5.91 Å². The molecule has 0 atom stereocenters. The van der Waals surface area contributed by atoms with E-state index in [0.717, 1.165) is 10.7 Å². The van der Waals surface area contributed by atoms with Gasteiger partial charge in [-0.2, -0.15) is 0 Å². The Morgan fingerprint density at radius 1 is 1.24 bits per heavy atom. The number of nitrogens with zero attached hydrogens (tertiary/aromatic N) is 1. The number of thiazole rings is 1. The van der Waals surface area contributed by atoms with Crippen molar-refractivity contribution in [3.05, 3.63) is 46.2 Å². The first-order valence-corrected chi connectivity index (χ1v) is 9.66. The molecule has 25 heavy (non-hydrogen) atoms. The van der Waals surface area contributed by atoms with Gasteiger partial charge < -0.3 is 10.1 Å². The van der Waals surface area contributed by atoms with Crippen LogP contribution in [0.25, 0.3) is 0 Å². The van der Waals surface area contributed by atoms with Crippen LogP contribution in [0.2, 0.25) is 0 Å². The van der Waals surface area contributed by atoms with Gasteiger partial charge in [-0.15, -0.1) is 11.3 Å². The van der Waals surface area contributed by atoms with E-state index in [1.54, 1.807) is 12.1 Å². The van der Waals surface area contributed by atoms with Gasteiger partial charge in [-0.25, -0.2) is 9.37 Å². The summed E-state index contributed by atoms with van der Waals surface area (Å²) in [5.74, 6) is 1.79. The van der Waals surface area contributed by atoms with Crippen LogP contribution in [0.3, 0.4) is 0 Å². The lowest BCUT2D eigenvalue weighted by Gasteiger charge is -2.17. The van der Waals surface area contributed by atoms with E-state index in [-0.39, 0.29) is 11.7 Å². The summed E-state index contributed by atoms with van der Waals surface area (Å²) in [6.07, 6.45) is 5.33. The smallest absolute Gasteiger partial charge is 0.226 e. The molecule has 4 rings (SSSR count). The molecule has 1 amide bonds. The lowest BCUT2D eigenvalue weighted by Crippen LogP contribution is -2.39. The first-order chi connectivity index (χ1) is 12.2. The molecular formula is C19H21FN2O2S. The fraction of sp³-hybridized carbons (Fsp3) is 0.474. The summed E-state index contributed by atoms with van der Waals surface area (Å²) in [5.41, 5.74) is 0.783. The maximum absolute atomic E-state index is 12.9. The minimum atomic E-state index is -0.286. The topological polar surface area (TPSA) is 51.2 Å². The summed E-state index contributed by atoms with van der Waals surface area (Å²) in [6.45, 7) is 0.324. The van der Waals surface area contributed by atoms with E-state index in [0.29, 0.717) is 36.7 Å². The third-order valence-electron chi connectivity index (χ3n) is 4.70. The predicted molar refractivity (Wildman–Crippen MR) is 93.9 cm³/mol. The third-order valence-corrected chi connectivity index (χ3v) is 5.58. The molecule has 0 radical (unpaired) electrons. The summed E-state index contributed by atoms with van der Waals surface area (Å²) in [6, 6.07) is 6.29. The quantitative estimate of drug-likeness (QED) is 0.781. The second-order valence-electron chi connectivity index (χ2n) is 6.92. The number of benzene rings is 1. The summed E-state index contributed by atoms with van der Waals surface area (Å²) in [5, 5.41) is 5.94. The molecule has 2 aliphatic carbocycles. The SMILES string of the molecule is O=C(Cc1csc(COc2ccc(F)cc2)n1)NC(C1CC1)C1CC1. The van der Waals surface area contributed by atoms with Gasteiger partial charge in [0.25, 0.3) is 0 Å². The second kappa shape index (κ2) is 7.12. The number of carbonyl (C=O) groups is 1. The Hall–Kier alpha value is -1.95. The van der Waals surface area contributed by atoms with Crippen molar-refractivity contribution in [1.29, 1.82) is 0 Å². The molecule has 0 spiro atoms. The highest BCUT2D eigenvalue weighted by Crippen LogP contribution is 2.44. The standard InChI is InChI=1S/C19H21FN2O2S/c20-14-5-7-16(8-6-14)24-10-18-21-15(11-25-18)9-17(23)22-19(12-1-2-12)13-3-4-13/h5-8,11-13,19H,1-4,9-10H2,(H,22,23). The number of nitrogens with one attached hydrogen (secondary N) is 1. The van der Waals surface area contributed by atoms with Crippen molar-refractivity contribution in [3.63, 3.8) is 0 Å². The van der Waals surface area contributed by atoms with Crippen LogP contribution in [0.4, 0.5) is 4.39 Å². The van der Waals surface area contributed by atoms with Crippen molar-refractivity contribution in [2.24, 2.45) is 11.8 Å². The van der Waals surface area contributed by atoms with Crippen molar-refractivity contribution in [3.8, 4) is 5.75 Å². The van der Waals surface area contributed by atoms with Gasteiger partial charge >= 0.3 is 0 Å². The molecular weight excluding hydrogens is 339 g/mol. The molecule has 0 aliphatic heterocycles. The van der Waals surface area contributed by atoms with Crippen molar-refractivity contribution < 1.29 is 13.9 Å². The van der Waals surface area contributed by atoms with Gasteiger partial charge in [0.05, 0.1) is 12.1 Å². The van der Waals surface area contributed by atoms with Crippen LogP contribution in [0, 0.1) is 17.7 Å². The lowest BCUT2D eigenvalue weighted by atomic mass is 10.1. The highest BCUT2D eigenvalue weighted by atomic mass is 32.1. The average Bonchev–Trinajstić information content (AvgIpc) is 3.51. The largest absolute Gasteiger partial charge is 0.486 e. The molecule has 1 aromatic heterocycles. The molecule has 0 saturated heterocycles. The molecule has 6 heteroatoms. The van der Waals surface area contributed by atoms with Crippen LogP contribution in [0.5, 0.6) is 5.75 Å². The number of hydrogen-bond donors (Lipinski definition) is 1. The number of hydrogen-bond acceptors (Lipinski definition) is 4. The zero-order valence-corrected chi connectivity index (χ0v) is 14.7. The van der Waals surface area contributed by atoms with Crippen LogP contribution in [-0.2, 0) is 17.8 Å². The lowest BCUT2D eigenvalue weighted by molar-refractivity contribution is -0.121. The Morgan fingerprint density at radius 2 is 1.92 bits per heavy atom. The third kappa shape index (κ3) is 4.57. The molecule has 2 saturated carbocycles.